The number of hydrogen-bond donors (Lipinski definition) is 1. The molecule has 0 saturated heterocycles. The largest absolute Gasteiger partial charge is 0.395 e. The second kappa shape index (κ2) is 4.58. The van der Waals surface area contributed by atoms with Gasteiger partial charge in [0.05, 0.1) is 6.61 Å². The van der Waals surface area contributed by atoms with Gasteiger partial charge in [-0.05, 0) is 11.1 Å². The van der Waals surface area contributed by atoms with E-state index in [9.17, 15) is 9.90 Å². The molecular formula is C13H18O2. The minimum atomic E-state index is -0.219. The first-order valence-electron chi connectivity index (χ1n) is 5.18. The average molecular weight is 206 g/mol. The fourth-order valence-corrected chi connectivity index (χ4v) is 1.41. The van der Waals surface area contributed by atoms with E-state index in [1.807, 2.05) is 45.0 Å². The zero-order valence-electron chi connectivity index (χ0n) is 9.53. The fraction of sp³-hybridized carbons (Fsp3) is 0.462. The Kier molecular flexibility index (Phi) is 3.64. The maximum atomic E-state index is 10.6. The van der Waals surface area contributed by atoms with E-state index in [1.165, 1.54) is 0 Å². The van der Waals surface area contributed by atoms with Gasteiger partial charge in [0.25, 0.3) is 0 Å². The first-order chi connectivity index (χ1) is 7.01. The molecule has 1 unspecified atom stereocenters. The van der Waals surface area contributed by atoms with Crippen molar-refractivity contribution in [1.29, 1.82) is 0 Å². The molecule has 0 amide bonds. The molecule has 0 aliphatic rings. The number of hydrogen-bond acceptors (Lipinski definition) is 2. The SMILES string of the molecule is CC(C=O)c1ccc(C(C)(C)CO)cc1. The normalized spacial score (nSPS) is 13.6. The minimum absolute atomic E-state index is 0.0590. The first kappa shape index (κ1) is 11.9. The highest BCUT2D eigenvalue weighted by molar-refractivity contribution is 5.61. The highest BCUT2D eigenvalue weighted by atomic mass is 16.3. The van der Waals surface area contributed by atoms with Gasteiger partial charge in [0, 0.05) is 11.3 Å². The molecule has 15 heavy (non-hydrogen) atoms. The van der Waals surface area contributed by atoms with Crippen LogP contribution in [0.5, 0.6) is 0 Å². The second-order valence-electron chi connectivity index (χ2n) is 4.59. The van der Waals surface area contributed by atoms with Gasteiger partial charge >= 0.3 is 0 Å². The van der Waals surface area contributed by atoms with Crippen LogP contribution in [-0.4, -0.2) is 18.0 Å². The number of aliphatic hydroxyl groups is 1. The van der Waals surface area contributed by atoms with Crippen molar-refractivity contribution in [3.05, 3.63) is 35.4 Å². The predicted octanol–water partition coefficient (Wildman–Crippen LogP) is 2.26. The van der Waals surface area contributed by atoms with E-state index >= 15 is 0 Å². The van der Waals surface area contributed by atoms with E-state index < -0.39 is 0 Å². The molecule has 0 heterocycles. The van der Waals surface area contributed by atoms with Crippen LogP contribution in [0.3, 0.4) is 0 Å². The number of benzene rings is 1. The molecule has 0 fully saturated rings. The standard InChI is InChI=1S/C13H18O2/c1-10(8-14)11-4-6-12(7-5-11)13(2,3)9-15/h4-8,10,15H,9H2,1-3H3. The Balaban J connectivity index is 2.95. The van der Waals surface area contributed by atoms with E-state index in [1.54, 1.807) is 0 Å². The first-order valence-corrected chi connectivity index (χ1v) is 5.18. The Morgan fingerprint density at radius 2 is 1.87 bits per heavy atom. The molecular weight excluding hydrogens is 188 g/mol. The lowest BCUT2D eigenvalue weighted by Crippen LogP contribution is -2.21. The molecule has 2 heteroatoms. The predicted molar refractivity (Wildman–Crippen MR) is 61.0 cm³/mol. The molecule has 1 aromatic carbocycles. The van der Waals surface area contributed by atoms with Crippen molar-refractivity contribution in [2.24, 2.45) is 0 Å². The third kappa shape index (κ3) is 2.66. The van der Waals surface area contributed by atoms with Crippen LogP contribution >= 0.6 is 0 Å². The summed E-state index contributed by atoms with van der Waals surface area (Å²) in [4.78, 5) is 10.6. The van der Waals surface area contributed by atoms with Gasteiger partial charge in [-0.2, -0.15) is 0 Å². The number of carbonyl (C=O) groups excluding carboxylic acids is 1. The van der Waals surface area contributed by atoms with Gasteiger partial charge in [0.1, 0.15) is 6.29 Å². The van der Waals surface area contributed by atoms with E-state index in [2.05, 4.69) is 0 Å². The zero-order chi connectivity index (χ0) is 11.5. The second-order valence-corrected chi connectivity index (χ2v) is 4.59. The molecule has 82 valence electrons. The van der Waals surface area contributed by atoms with Gasteiger partial charge in [-0.1, -0.05) is 45.0 Å². The smallest absolute Gasteiger partial charge is 0.127 e. The van der Waals surface area contributed by atoms with E-state index in [-0.39, 0.29) is 17.9 Å². The van der Waals surface area contributed by atoms with E-state index in [0.29, 0.717) is 0 Å². The van der Waals surface area contributed by atoms with Gasteiger partial charge in [0.15, 0.2) is 0 Å². The Morgan fingerprint density at radius 3 is 2.27 bits per heavy atom. The zero-order valence-corrected chi connectivity index (χ0v) is 9.53. The lowest BCUT2D eigenvalue weighted by molar-refractivity contribution is -0.108. The van der Waals surface area contributed by atoms with Crippen LogP contribution in [0.25, 0.3) is 0 Å². The van der Waals surface area contributed by atoms with Crippen molar-refractivity contribution < 1.29 is 9.90 Å². The summed E-state index contributed by atoms with van der Waals surface area (Å²) in [6.45, 7) is 5.98. The van der Waals surface area contributed by atoms with Crippen LogP contribution in [0, 0.1) is 0 Å². The van der Waals surface area contributed by atoms with Gasteiger partial charge in [-0.3, -0.25) is 0 Å². The minimum Gasteiger partial charge on any atom is -0.395 e. The molecule has 0 saturated carbocycles. The van der Waals surface area contributed by atoms with Crippen LogP contribution < -0.4 is 0 Å². The average Bonchev–Trinajstić information content (AvgIpc) is 2.28. The molecule has 0 aliphatic carbocycles. The molecule has 1 aromatic rings. The van der Waals surface area contributed by atoms with Crippen molar-refractivity contribution >= 4 is 6.29 Å². The van der Waals surface area contributed by atoms with E-state index in [4.69, 9.17) is 0 Å². The van der Waals surface area contributed by atoms with Crippen molar-refractivity contribution in [2.45, 2.75) is 32.1 Å². The van der Waals surface area contributed by atoms with Crippen LogP contribution in [0.15, 0.2) is 24.3 Å². The highest BCUT2D eigenvalue weighted by Crippen LogP contribution is 2.24. The molecule has 0 aliphatic heterocycles. The van der Waals surface area contributed by atoms with Gasteiger partial charge in [-0.25, -0.2) is 0 Å². The van der Waals surface area contributed by atoms with Crippen molar-refractivity contribution in [2.75, 3.05) is 6.61 Å². The summed E-state index contributed by atoms with van der Waals surface area (Å²) in [5, 5.41) is 9.22. The van der Waals surface area contributed by atoms with Gasteiger partial charge < -0.3 is 9.90 Å². The number of aliphatic hydroxyl groups excluding tert-OH is 1. The lowest BCUT2D eigenvalue weighted by Gasteiger charge is -2.22. The van der Waals surface area contributed by atoms with Crippen molar-refractivity contribution in [1.82, 2.24) is 0 Å². The summed E-state index contributed by atoms with van der Waals surface area (Å²) < 4.78 is 0. The summed E-state index contributed by atoms with van der Waals surface area (Å²) in [5.74, 6) is -0.0590. The quantitative estimate of drug-likeness (QED) is 0.767. The molecule has 1 atom stereocenters. The molecule has 0 spiro atoms. The van der Waals surface area contributed by atoms with Crippen LogP contribution in [-0.2, 0) is 10.2 Å². The number of aldehydes is 1. The molecule has 0 aromatic heterocycles. The fourth-order valence-electron chi connectivity index (χ4n) is 1.41. The number of carbonyl (C=O) groups is 1. The number of rotatable bonds is 4. The highest BCUT2D eigenvalue weighted by Gasteiger charge is 2.19. The van der Waals surface area contributed by atoms with Crippen LogP contribution in [0.4, 0.5) is 0 Å². The topological polar surface area (TPSA) is 37.3 Å². The maximum absolute atomic E-state index is 10.6. The Bertz CT molecular complexity index is 325. The van der Waals surface area contributed by atoms with Crippen LogP contribution in [0.2, 0.25) is 0 Å². The lowest BCUT2D eigenvalue weighted by atomic mass is 9.84. The van der Waals surface area contributed by atoms with Crippen LogP contribution in [0.1, 0.15) is 37.8 Å². The van der Waals surface area contributed by atoms with Gasteiger partial charge in [0.2, 0.25) is 0 Å². The Hall–Kier alpha value is -1.15. The summed E-state index contributed by atoms with van der Waals surface area (Å²) in [6.07, 6.45) is 0.937. The Morgan fingerprint density at radius 1 is 1.33 bits per heavy atom. The molecule has 2 nitrogen and oxygen atoms in total. The van der Waals surface area contributed by atoms with Crippen molar-refractivity contribution in [3.8, 4) is 0 Å². The third-order valence-electron chi connectivity index (χ3n) is 2.82. The molecule has 1 N–H and O–H groups in total. The molecule has 0 radical (unpaired) electrons. The van der Waals surface area contributed by atoms with E-state index in [0.717, 1.165) is 17.4 Å². The van der Waals surface area contributed by atoms with Crippen molar-refractivity contribution in [3.63, 3.8) is 0 Å². The summed E-state index contributed by atoms with van der Waals surface area (Å²) >= 11 is 0. The third-order valence-corrected chi connectivity index (χ3v) is 2.82. The Labute approximate surface area is 90.9 Å². The molecule has 1 rings (SSSR count). The summed E-state index contributed by atoms with van der Waals surface area (Å²) in [7, 11) is 0. The summed E-state index contributed by atoms with van der Waals surface area (Å²) in [5.41, 5.74) is 1.89. The monoisotopic (exact) mass is 206 g/mol. The maximum Gasteiger partial charge on any atom is 0.127 e. The summed E-state index contributed by atoms with van der Waals surface area (Å²) in [6, 6.07) is 7.86. The van der Waals surface area contributed by atoms with Gasteiger partial charge in [-0.15, -0.1) is 0 Å². The molecule has 0 bridgehead atoms.